The van der Waals surface area contributed by atoms with Crippen molar-refractivity contribution in [1.82, 2.24) is 14.9 Å². The fourth-order valence-electron chi connectivity index (χ4n) is 2.76. The molecule has 2 aromatic rings. The third-order valence-corrected chi connectivity index (χ3v) is 4.49. The van der Waals surface area contributed by atoms with E-state index in [-0.39, 0.29) is 28.3 Å². The minimum Gasteiger partial charge on any atom is -0.471 e. The van der Waals surface area contributed by atoms with Crippen LogP contribution in [0.1, 0.15) is 16.8 Å². The standard InChI is InChI=1S/C17H18ClN5O4/c1-21(2)15-8-19-9-16(20-15)27-12-5-6-22(10-12)17(24)11-3-4-13(18)14(7-11)23(25)26/h3-4,7-9,12H,5-6,10H2,1-2H3. The number of nitro benzene ring substituents is 1. The Morgan fingerprint density at radius 1 is 1.41 bits per heavy atom. The highest BCUT2D eigenvalue weighted by Crippen LogP contribution is 2.27. The molecule has 9 nitrogen and oxygen atoms in total. The van der Waals surface area contributed by atoms with E-state index < -0.39 is 4.92 Å². The Balaban J connectivity index is 1.67. The van der Waals surface area contributed by atoms with Crippen LogP contribution in [0.2, 0.25) is 5.02 Å². The largest absolute Gasteiger partial charge is 0.471 e. The Labute approximate surface area is 160 Å². The van der Waals surface area contributed by atoms with Gasteiger partial charge in [-0.15, -0.1) is 0 Å². The summed E-state index contributed by atoms with van der Waals surface area (Å²) in [6, 6.07) is 4.04. The molecule has 0 radical (unpaired) electrons. The molecule has 0 spiro atoms. The number of halogens is 1. The summed E-state index contributed by atoms with van der Waals surface area (Å²) in [5.74, 6) is 0.767. The molecule has 2 heterocycles. The van der Waals surface area contributed by atoms with E-state index >= 15 is 0 Å². The monoisotopic (exact) mass is 391 g/mol. The quantitative estimate of drug-likeness (QED) is 0.569. The lowest BCUT2D eigenvalue weighted by Crippen LogP contribution is -2.31. The van der Waals surface area contributed by atoms with Gasteiger partial charge >= 0.3 is 0 Å². The number of nitro groups is 1. The van der Waals surface area contributed by atoms with Gasteiger partial charge in [-0.3, -0.25) is 19.9 Å². The van der Waals surface area contributed by atoms with Crippen LogP contribution in [0.5, 0.6) is 5.88 Å². The molecule has 1 aromatic carbocycles. The average molecular weight is 392 g/mol. The number of amides is 1. The minimum absolute atomic E-state index is 0.00136. The maximum Gasteiger partial charge on any atom is 0.288 e. The molecule has 1 atom stereocenters. The van der Waals surface area contributed by atoms with Crippen LogP contribution in [-0.2, 0) is 0 Å². The van der Waals surface area contributed by atoms with Gasteiger partial charge < -0.3 is 14.5 Å². The summed E-state index contributed by atoms with van der Waals surface area (Å²) in [5.41, 5.74) is -0.0635. The summed E-state index contributed by atoms with van der Waals surface area (Å²) in [6.45, 7) is 0.851. The molecule has 1 fully saturated rings. The van der Waals surface area contributed by atoms with Crippen molar-refractivity contribution in [2.45, 2.75) is 12.5 Å². The highest BCUT2D eigenvalue weighted by Gasteiger charge is 2.29. The van der Waals surface area contributed by atoms with E-state index in [4.69, 9.17) is 16.3 Å². The normalized spacial score (nSPS) is 16.3. The lowest BCUT2D eigenvalue weighted by Gasteiger charge is -2.17. The van der Waals surface area contributed by atoms with Crippen LogP contribution >= 0.6 is 11.6 Å². The Morgan fingerprint density at radius 3 is 2.89 bits per heavy atom. The lowest BCUT2D eigenvalue weighted by molar-refractivity contribution is -0.384. The molecule has 0 bridgehead atoms. The predicted octanol–water partition coefficient (Wildman–Crippen LogP) is 2.40. The van der Waals surface area contributed by atoms with Crippen molar-refractivity contribution in [3.05, 3.63) is 51.3 Å². The molecule has 142 valence electrons. The first-order valence-corrected chi connectivity index (χ1v) is 8.62. The first-order chi connectivity index (χ1) is 12.8. The van der Waals surface area contributed by atoms with Gasteiger partial charge in [-0.1, -0.05) is 11.6 Å². The van der Waals surface area contributed by atoms with Crippen LogP contribution in [0.4, 0.5) is 11.5 Å². The summed E-state index contributed by atoms with van der Waals surface area (Å²) in [4.78, 5) is 34.9. The van der Waals surface area contributed by atoms with Crippen molar-refractivity contribution in [2.24, 2.45) is 0 Å². The molecule has 1 aromatic heterocycles. The molecule has 1 aliphatic heterocycles. The van der Waals surface area contributed by atoms with Gasteiger partial charge in [-0.05, 0) is 12.1 Å². The van der Waals surface area contributed by atoms with Crippen LogP contribution in [-0.4, -0.2) is 59.0 Å². The van der Waals surface area contributed by atoms with E-state index in [0.29, 0.717) is 31.2 Å². The Kier molecular flexibility index (Phi) is 5.41. The van der Waals surface area contributed by atoms with E-state index in [0.717, 1.165) is 0 Å². The van der Waals surface area contributed by atoms with Gasteiger partial charge in [0.2, 0.25) is 5.88 Å². The second-order valence-electron chi connectivity index (χ2n) is 6.31. The average Bonchev–Trinajstić information content (AvgIpc) is 3.10. The third-order valence-electron chi connectivity index (χ3n) is 4.17. The van der Waals surface area contributed by atoms with Crippen molar-refractivity contribution >= 4 is 29.0 Å². The number of hydrogen-bond donors (Lipinski definition) is 0. The Morgan fingerprint density at radius 2 is 2.19 bits per heavy atom. The fraction of sp³-hybridized carbons (Fsp3) is 0.353. The lowest BCUT2D eigenvalue weighted by atomic mass is 10.2. The molecule has 1 amide bonds. The summed E-state index contributed by atoms with van der Waals surface area (Å²) >= 11 is 5.80. The number of hydrogen-bond acceptors (Lipinski definition) is 7. The highest BCUT2D eigenvalue weighted by molar-refractivity contribution is 6.32. The third kappa shape index (κ3) is 4.25. The fourth-order valence-corrected chi connectivity index (χ4v) is 2.94. The predicted molar refractivity (Wildman–Crippen MR) is 99.4 cm³/mol. The van der Waals surface area contributed by atoms with Gasteiger partial charge in [0.25, 0.3) is 11.6 Å². The molecule has 1 unspecified atom stereocenters. The van der Waals surface area contributed by atoms with Gasteiger partial charge in [0.1, 0.15) is 11.1 Å². The van der Waals surface area contributed by atoms with Gasteiger partial charge in [0.15, 0.2) is 5.82 Å². The van der Waals surface area contributed by atoms with E-state index in [1.54, 1.807) is 11.1 Å². The van der Waals surface area contributed by atoms with Crippen LogP contribution in [0.3, 0.4) is 0 Å². The molecule has 27 heavy (non-hydrogen) atoms. The van der Waals surface area contributed by atoms with E-state index in [1.807, 2.05) is 19.0 Å². The first-order valence-electron chi connectivity index (χ1n) is 8.24. The second-order valence-corrected chi connectivity index (χ2v) is 6.72. The maximum atomic E-state index is 12.6. The zero-order chi connectivity index (χ0) is 19.6. The summed E-state index contributed by atoms with van der Waals surface area (Å²) in [5, 5.41) is 11.0. The van der Waals surface area contributed by atoms with Gasteiger partial charge in [-0.25, -0.2) is 0 Å². The van der Waals surface area contributed by atoms with E-state index in [2.05, 4.69) is 9.97 Å². The zero-order valence-corrected chi connectivity index (χ0v) is 15.6. The zero-order valence-electron chi connectivity index (χ0n) is 14.8. The number of benzene rings is 1. The Hall–Kier alpha value is -2.94. The number of nitrogens with zero attached hydrogens (tertiary/aromatic N) is 5. The topological polar surface area (TPSA) is 102 Å². The van der Waals surface area contributed by atoms with E-state index in [9.17, 15) is 14.9 Å². The summed E-state index contributed by atoms with van der Waals surface area (Å²) < 4.78 is 5.84. The first kappa shape index (κ1) is 18.8. The minimum atomic E-state index is -0.606. The SMILES string of the molecule is CN(C)c1cncc(OC2CCN(C(=O)c3ccc(Cl)c([N+](=O)[O-])c3)C2)n1. The van der Waals surface area contributed by atoms with Crippen LogP contribution in [0.25, 0.3) is 0 Å². The molecule has 0 saturated carbocycles. The van der Waals surface area contributed by atoms with Crippen molar-refractivity contribution in [2.75, 3.05) is 32.1 Å². The molecule has 3 rings (SSSR count). The van der Waals surface area contributed by atoms with Gasteiger partial charge in [0, 0.05) is 38.7 Å². The Bertz CT molecular complexity index is 876. The molecular formula is C17H18ClN5O4. The molecule has 10 heteroatoms. The van der Waals surface area contributed by atoms with Crippen molar-refractivity contribution < 1.29 is 14.5 Å². The molecule has 1 saturated heterocycles. The summed E-state index contributed by atoms with van der Waals surface area (Å²) in [7, 11) is 3.71. The number of ether oxygens (including phenoxy) is 1. The number of likely N-dealkylation sites (tertiary alicyclic amines) is 1. The molecule has 1 aliphatic rings. The number of carbonyl (C=O) groups excluding carboxylic acids is 1. The van der Waals surface area contributed by atoms with Crippen molar-refractivity contribution in [3.63, 3.8) is 0 Å². The molecule has 0 N–H and O–H groups in total. The number of carbonyl (C=O) groups is 1. The maximum absolute atomic E-state index is 12.6. The van der Waals surface area contributed by atoms with Gasteiger partial charge in [0.05, 0.1) is 23.9 Å². The van der Waals surface area contributed by atoms with E-state index in [1.165, 1.54) is 24.4 Å². The number of rotatable bonds is 5. The van der Waals surface area contributed by atoms with Crippen LogP contribution in [0.15, 0.2) is 30.6 Å². The van der Waals surface area contributed by atoms with Gasteiger partial charge in [-0.2, -0.15) is 4.98 Å². The van der Waals surface area contributed by atoms with Crippen LogP contribution in [0, 0.1) is 10.1 Å². The van der Waals surface area contributed by atoms with Crippen LogP contribution < -0.4 is 9.64 Å². The summed E-state index contributed by atoms with van der Waals surface area (Å²) in [6.07, 6.45) is 3.57. The number of anilines is 1. The molecular weight excluding hydrogens is 374 g/mol. The highest BCUT2D eigenvalue weighted by atomic mass is 35.5. The van der Waals surface area contributed by atoms with Crippen molar-refractivity contribution in [3.8, 4) is 5.88 Å². The van der Waals surface area contributed by atoms with Crippen molar-refractivity contribution in [1.29, 1.82) is 0 Å². The number of aromatic nitrogens is 2. The smallest absolute Gasteiger partial charge is 0.288 e. The second kappa shape index (κ2) is 7.75. The molecule has 0 aliphatic carbocycles.